The lowest BCUT2D eigenvalue weighted by Crippen LogP contribution is -2.55. The van der Waals surface area contributed by atoms with Crippen LogP contribution in [-0.4, -0.2) is 84.2 Å². The Balaban J connectivity index is 1.52. The van der Waals surface area contributed by atoms with E-state index in [0.29, 0.717) is 49.6 Å². The molecule has 0 bridgehead atoms. The molecule has 0 spiro atoms. The molecular weight excluding hydrogens is 576 g/mol. The Kier molecular flexibility index (Phi) is 8.69. The van der Waals surface area contributed by atoms with Gasteiger partial charge in [0.25, 0.3) is 5.91 Å². The summed E-state index contributed by atoms with van der Waals surface area (Å²) in [6.45, 7) is 8.42. The number of hydrogen-bond donors (Lipinski definition) is 2. The number of amides is 1. The van der Waals surface area contributed by atoms with E-state index in [1.807, 2.05) is 31.2 Å². The highest BCUT2D eigenvalue weighted by Gasteiger charge is 2.36. The lowest BCUT2D eigenvalue weighted by Gasteiger charge is -2.44. The lowest BCUT2D eigenvalue weighted by atomic mass is 10.1. The maximum absolute atomic E-state index is 15.7. The fraction of sp³-hybridized carbons (Fsp3) is 0.464. The molecular formula is C28H32F4N6O3S. The van der Waals surface area contributed by atoms with Crippen LogP contribution in [0.4, 0.5) is 28.9 Å². The van der Waals surface area contributed by atoms with Crippen molar-refractivity contribution in [3.63, 3.8) is 0 Å². The van der Waals surface area contributed by atoms with Gasteiger partial charge in [0.1, 0.15) is 10.8 Å². The number of aromatic amines is 1. The van der Waals surface area contributed by atoms with Crippen LogP contribution in [-0.2, 0) is 17.5 Å². The first kappa shape index (κ1) is 30.1. The minimum Gasteiger partial charge on any atom is -0.379 e. The number of benzene rings is 1. The van der Waals surface area contributed by atoms with Crippen LogP contribution in [0.2, 0.25) is 0 Å². The molecule has 2 unspecified atom stereocenters. The smallest absolute Gasteiger partial charge is 0.379 e. The third-order valence-corrected chi connectivity index (χ3v) is 8.70. The number of likely N-dealkylation sites (N-methyl/N-ethyl adjacent to an activating group) is 1. The van der Waals surface area contributed by atoms with E-state index in [-0.39, 0.29) is 23.3 Å². The predicted octanol–water partition coefficient (Wildman–Crippen LogP) is 4.27. The maximum Gasteiger partial charge on any atom is 0.417 e. The van der Waals surface area contributed by atoms with Crippen LogP contribution in [0.5, 0.6) is 0 Å². The number of anilines is 2. The van der Waals surface area contributed by atoms with Gasteiger partial charge in [0, 0.05) is 74.1 Å². The number of pyridine rings is 1. The number of nitrogens with one attached hydrogen (secondary N) is 2. The molecule has 2 atom stereocenters. The van der Waals surface area contributed by atoms with Crippen LogP contribution >= 0.6 is 11.3 Å². The summed E-state index contributed by atoms with van der Waals surface area (Å²) in [5.74, 6) is -1.64. The standard InChI is InChI=1S/C28H32F4N6O3S/c1-16-12-38(13-17(2)36(16)3)24-10-22(29)19(27-34-18(15-42-27)14-37-4-6-41-7-5-37)8-23(24)35-26(40)20-11-33-25(39)9-21(20)28(30,31)32/h8-11,15-17H,4-7,12-14H2,1-3H3,(H,33,39)(H,35,40). The number of nitrogens with zero attached hydrogens (tertiary/aromatic N) is 4. The molecule has 2 N–H and O–H groups in total. The van der Waals surface area contributed by atoms with Crippen LogP contribution in [0.3, 0.4) is 0 Å². The number of carbonyl (C=O) groups excluding carboxylic acids is 1. The topological polar surface area (TPSA) is 93.8 Å². The summed E-state index contributed by atoms with van der Waals surface area (Å²) in [6, 6.07) is 3.26. The highest BCUT2D eigenvalue weighted by molar-refractivity contribution is 7.13. The van der Waals surface area contributed by atoms with Gasteiger partial charge in [-0.05, 0) is 27.0 Å². The van der Waals surface area contributed by atoms with E-state index in [1.165, 1.54) is 23.5 Å². The van der Waals surface area contributed by atoms with Crippen LogP contribution in [0.1, 0.15) is 35.5 Å². The molecule has 2 aliphatic rings. The normalized spacial score (nSPS) is 20.6. The van der Waals surface area contributed by atoms with Gasteiger partial charge < -0.3 is 19.9 Å². The van der Waals surface area contributed by atoms with Gasteiger partial charge in [0.15, 0.2) is 0 Å². The van der Waals surface area contributed by atoms with Gasteiger partial charge in [0.2, 0.25) is 5.56 Å². The maximum atomic E-state index is 15.7. The number of ether oxygens (including phenoxy) is 1. The molecule has 2 saturated heterocycles. The van der Waals surface area contributed by atoms with Crippen molar-refractivity contribution < 1.29 is 27.1 Å². The van der Waals surface area contributed by atoms with Crippen LogP contribution < -0.4 is 15.8 Å². The molecule has 2 aromatic heterocycles. The van der Waals surface area contributed by atoms with Crippen molar-refractivity contribution in [2.75, 3.05) is 56.7 Å². The molecule has 4 heterocycles. The van der Waals surface area contributed by atoms with Gasteiger partial charge in [-0.2, -0.15) is 13.2 Å². The molecule has 14 heteroatoms. The number of aromatic nitrogens is 2. The van der Waals surface area contributed by atoms with Gasteiger partial charge >= 0.3 is 6.18 Å². The third-order valence-electron chi connectivity index (χ3n) is 7.78. The zero-order valence-electron chi connectivity index (χ0n) is 23.4. The summed E-state index contributed by atoms with van der Waals surface area (Å²) in [5.41, 5.74) is -1.72. The number of hydrogen-bond acceptors (Lipinski definition) is 8. The Morgan fingerprint density at radius 2 is 1.86 bits per heavy atom. The Bertz CT molecular complexity index is 1490. The number of alkyl halides is 3. The van der Waals surface area contributed by atoms with Crippen molar-refractivity contribution in [2.24, 2.45) is 0 Å². The van der Waals surface area contributed by atoms with Crippen molar-refractivity contribution in [1.82, 2.24) is 19.8 Å². The van der Waals surface area contributed by atoms with Crippen molar-refractivity contribution >= 4 is 28.6 Å². The molecule has 0 saturated carbocycles. The van der Waals surface area contributed by atoms with E-state index in [0.717, 1.165) is 25.0 Å². The first-order valence-corrected chi connectivity index (χ1v) is 14.4. The highest BCUT2D eigenvalue weighted by Crippen LogP contribution is 2.38. The number of morpholine rings is 1. The third kappa shape index (κ3) is 6.51. The van der Waals surface area contributed by atoms with E-state index < -0.39 is 34.6 Å². The summed E-state index contributed by atoms with van der Waals surface area (Å²) in [5, 5.41) is 4.81. The van der Waals surface area contributed by atoms with Crippen molar-refractivity contribution in [3.05, 3.63) is 62.8 Å². The van der Waals surface area contributed by atoms with Crippen molar-refractivity contribution in [1.29, 1.82) is 0 Å². The first-order chi connectivity index (χ1) is 19.9. The SMILES string of the molecule is CC1CN(c2cc(F)c(-c3nc(CN4CCOCC4)cs3)cc2NC(=O)c2c[nH]c(=O)cc2C(F)(F)F)CC(C)N1C. The summed E-state index contributed by atoms with van der Waals surface area (Å²) in [4.78, 5) is 38.0. The second kappa shape index (κ2) is 12.1. The number of H-pyrrole nitrogens is 1. The van der Waals surface area contributed by atoms with Gasteiger partial charge in [0.05, 0.1) is 41.4 Å². The molecule has 0 aliphatic carbocycles. The molecule has 1 aromatic carbocycles. The molecule has 9 nitrogen and oxygen atoms in total. The average molecular weight is 609 g/mol. The monoisotopic (exact) mass is 608 g/mol. The van der Waals surface area contributed by atoms with Gasteiger partial charge in [-0.25, -0.2) is 9.37 Å². The van der Waals surface area contributed by atoms with Crippen molar-refractivity contribution in [2.45, 2.75) is 38.7 Å². The fourth-order valence-electron chi connectivity index (χ4n) is 5.26. The number of thiazole rings is 1. The summed E-state index contributed by atoms with van der Waals surface area (Å²) < 4.78 is 62.3. The lowest BCUT2D eigenvalue weighted by molar-refractivity contribution is -0.138. The van der Waals surface area contributed by atoms with Gasteiger partial charge in [-0.3, -0.25) is 19.4 Å². The molecule has 5 rings (SSSR count). The predicted molar refractivity (Wildman–Crippen MR) is 153 cm³/mol. The van der Waals surface area contributed by atoms with E-state index in [4.69, 9.17) is 4.74 Å². The molecule has 2 fully saturated rings. The number of piperazine rings is 1. The number of carbonyl (C=O) groups is 1. The molecule has 2 aliphatic heterocycles. The van der Waals surface area contributed by atoms with E-state index >= 15 is 4.39 Å². The summed E-state index contributed by atoms with van der Waals surface area (Å²) >= 11 is 1.25. The molecule has 226 valence electrons. The second-order valence-electron chi connectivity index (χ2n) is 10.7. The zero-order chi connectivity index (χ0) is 30.2. The van der Waals surface area contributed by atoms with E-state index in [2.05, 4.69) is 25.1 Å². The first-order valence-electron chi connectivity index (χ1n) is 13.6. The van der Waals surface area contributed by atoms with Crippen LogP contribution in [0.15, 0.2) is 34.6 Å². The molecule has 0 radical (unpaired) electrons. The average Bonchev–Trinajstić information content (AvgIpc) is 3.40. The van der Waals surface area contributed by atoms with Crippen LogP contribution in [0, 0.1) is 5.82 Å². The number of halogens is 4. The molecule has 42 heavy (non-hydrogen) atoms. The second-order valence-corrected chi connectivity index (χ2v) is 11.6. The number of rotatable bonds is 6. The van der Waals surface area contributed by atoms with Gasteiger partial charge in [-0.15, -0.1) is 11.3 Å². The zero-order valence-corrected chi connectivity index (χ0v) is 24.2. The quantitative estimate of drug-likeness (QED) is 0.404. The summed E-state index contributed by atoms with van der Waals surface area (Å²) in [6.07, 6.45) is -4.19. The fourth-order valence-corrected chi connectivity index (χ4v) is 6.09. The van der Waals surface area contributed by atoms with Crippen LogP contribution in [0.25, 0.3) is 10.6 Å². The van der Waals surface area contributed by atoms with E-state index in [9.17, 15) is 22.8 Å². The Morgan fingerprint density at radius 1 is 1.17 bits per heavy atom. The van der Waals surface area contributed by atoms with E-state index in [1.54, 1.807) is 0 Å². The minimum atomic E-state index is -4.93. The Hall–Kier alpha value is -3.33. The summed E-state index contributed by atoms with van der Waals surface area (Å²) in [7, 11) is 1.99. The van der Waals surface area contributed by atoms with Gasteiger partial charge in [-0.1, -0.05) is 0 Å². The Labute approximate surface area is 244 Å². The largest absolute Gasteiger partial charge is 0.417 e. The minimum absolute atomic E-state index is 0.0952. The van der Waals surface area contributed by atoms with Crippen molar-refractivity contribution in [3.8, 4) is 10.6 Å². The Morgan fingerprint density at radius 3 is 2.52 bits per heavy atom. The highest BCUT2D eigenvalue weighted by atomic mass is 32.1. The molecule has 3 aromatic rings. The molecule has 1 amide bonds.